The maximum Gasteiger partial charge on any atom is 0.191 e. The molecule has 0 aromatic rings. The van der Waals surface area contributed by atoms with E-state index < -0.39 is 196 Å². The van der Waals surface area contributed by atoms with Crippen LogP contribution in [0.3, 0.4) is 0 Å². The van der Waals surface area contributed by atoms with Crippen LogP contribution in [-0.4, -0.2) is 166 Å². The van der Waals surface area contributed by atoms with Crippen molar-refractivity contribution >= 4 is 86.7 Å². The zero-order valence-corrected chi connectivity index (χ0v) is 82.2. The van der Waals surface area contributed by atoms with Crippen molar-refractivity contribution in [2.75, 3.05) is 0 Å². The number of carbonyl (C=O) groups is 15. The highest BCUT2D eigenvalue weighted by atomic mass is 16.4. The van der Waals surface area contributed by atoms with Gasteiger partial charge in [0.05, 0.1) is 29.6 Å². The SMILES string of the molecule is CC(C)=CCC(=O)C1(O)C(O)=C(C(=O)C(C)C)C(=O)[C@H]1CCC(C)C.CC(C)=CCC(=O)C1(O)C(O)=C(C(=O)CC(C)C)C(=O)[C@H]1CCC(C)C.CC(C)=CCC(=O)C1(O)C(O)=C(C(=O)CCC(C)C)C(=O)[C@H]1CCC(C)C.CCC(=O)C1=C(O)C(O)(C(=O)CC=C(C)C)[C@H](CCC(C)C)C1=O.CCC(C)C(=O)C1=C(O)C(O)(C(=O)CC=C(C)C)[C@H](CCC(C)C)C1=O. The second-order valence-corrected chi connectivity index (χ2v) is 39.8. The van der Waals surface area contributed by atoms with Crippen LogP contribution in [-0.2, 0) is 71.9 Å². The maximum absolute atomic E-state index is 12.9. The predicted molar refractivity (Wildman–Crippen MR) is 494 cm³/mol. The zero-order valence-electron chi connectivity index (χ0n) is 82.2. The van der Waals surface area contributed by atoms with E-state index >= 15 is 0 Å². The minimum Gasteiger partial charge on any atom is -0.508 e. The largest absolute Gasteiger partial charge is 0.508 e. The molecule has 0 aliphatic heterocycles. The number of hydrogen-bond donors (Lipinski definition) is 10. The molecule has 0 saturated carbocycles. The van der Waals surface area contributed by atoms with Crippen molar-refractivity contribution in [1.82, 2.24) is 0 Å². The summed E-state index contributed by atoms with van der Waals surface area (Å²) in [6.07, 6.45) is 13.3. The van der Waals surface area contributed by atoms with Gasteiger partial charge in [0.15, 0.2) is 115 Å². The van der Waals surface area contributed by atoms with Crippen LogP contribution < -0.4 is 0 Å². The standard InChI is InChI=1S/C22H34O5.2C21H32O5.C20H30O5.C19H28O5/c1-13(2)7-10-16-20(25)19(17(23)11-8-14(3)4)21(26)22(16,27)18(24)12-9-15(5)6;1-12(2)7-9-15-19(24)18(16(22)11-14(5)6)20(25)21(15,26)17(23)10-8-13(3)4;1-7-14(6)18(23)17-19(24)15(10-8-12(2)3)21(26,20(17)25)16(22)11-9-13(4)5;1-11(2)7-9-14-18(23)16(17(22)13(5)6)19(24)20(14,25)15(21)10-8-12(3)4;1-6-14(20)16-17(22)13(9-7-11(2)3)19(24,18(16)23)15(21)10-8-12(4)5/h9,13-14,16,26-27H,7-8,10-12H2,1-6H3;8,12,14-15,25-26H,7,9-11H2,1-6H3;9,12,14-15,25-26H,7-8,10-11H2,1-6H3;8,11,13-14,24-25H,7,9-10H2,1-6H3;8,11,13,23-24H,6-7,9-10H2,1-5H3/t16-,22?;15-,21?;14?,15-,21?;14-,20?;13-,19?/m11111/s1. The van der Waals surface area contributed by atoms with Gasteiger partial charge in [-0.15, -0.1) is 0 Å². The molecule has 5 aliphatic rings. The highest BCUT2D eigenvalue weighted by molar-refractivity contribution is 6.29. The Morgan fingerprint density at radius 1 is 0.289 bits per heavy atom. The van der Waals surface area contributed by atoms with Crippen LogP contribution >= 0.6 is 0 Å². The molecule has 5 rings (SSSR count). The second kappa shape index (κ2) is 51.2. The fraction of sp³-hybridized carbons (Fsp3) is 0.660. The maximum atomic E-state index is 12.9. The van der Waals surface area contributed by atoms with Gasteiger partial charge in [-0.2, -0.15) is 0 Å². The van der Waals surface area contributed by atoms with Crippen LogP contribution in [0.2, 0.25) is 0 Å². The van der Waals surface area contributed by atoms with Gasteiger partial charge in [-0.25, -0.2) is 0 Å². The van der Waals surface area contributed by atoms with Crippen LogP contribution in [0.15, 0.2) is 115 Å². The third-order valence-electron chi connectivity index (χ3n) is 23.9. The van der Waals surface area contributed by atoms with Gasteiger partial charge < -0.3 is 51.1 Å². The van der Waals surface area contributed by atoms with Crippen LogP contribution in [0.5, 0.6) is 0 Å². The van der Waals surface area contributed by atoms with Crippen molar-refractivity contribution in [3.63, 3.8) is 0 Å². The number of aliphatic hydroxyl groups excluding tert-OH is 5. The van der Waals surface area contributed by atoms with E-state index in [-0.39, 0.29) is 142 Å². The van der Waals surface area contributed by atoms with E-state index in [9.17, 15) is 123 Å². The molecule has 128 heavy (non-hydrogen) atoms. The molecular formula is C103H156O25. The summed E-state index contributed by atoms with van der Waals surface area (Å²) in [6.45, 7) is 53.8. The lowest BCUT2D eigenvalue weighted by molar-refractivity contribution is -0.144. The molecule has 0 amide bonds. The van der Waals surface area contributed by atoms with Crippen molar-refractivity contribution in [2.24, 2.45) is 82.9 Å². The lowest BCUT2D eigenvalue weighted by Gasteiger charge is -2.28. The molecule has 25 nitrogen and oxygen atoms in total. The summed E-state index contributed by atoms with van der Waals surface area (Å²) in [4.78, 5) is 189. The van der Waals surface area contributed by atoms with Crippen molar-refractivity contribution in [2.45, 2.75) is 357 Å². The van der Waals surface area contributed by atoms with Gasteiger partial charge in [-0.3, -0.25) is 71.9 Å². The minimum atomic E-state index is -2.31. The molecule has 0 spiro atoms. The number of hydrogen-bond acceptors (Lipinski definition) is 25. The minimum absolute atomic E-state index is 0.000201. The number of ketones is 15. The lowest BCUT2D eigenvalue weighted by Crippen LogP contribution is -2.46. The van der Waals surface area contributed by atoms with Crippen molar-refractivity contribution in [3.05, 3.63) is 115 Å². The topological polar surface area (TPSA) is 458 Å². The fourth-order valence-corrected chi connectivity index (χ4v) is 15.5. The van der Waals surface area contributed by atoms with Crippen molar-refractivity contribution in [3.8, 4) is 0 Å². The van der Waals surface area contributed by atoms with Gasteiger partial charge >= 0.3 is 0 Å². The number of rotatable bonds is 44. The molecule has 11 atom stereocenters. The van der Waals surface area contributed by atoms with Crippen LogP contribution in [0, 0.1) is 82.9 Å². The summed E-state index contributed by atoms with van der Waals surface area (Å²) in [5, 5.41) is 108. The average Bonchev–Trinajstić information content (AvgIpc) is 1.55. The average molecular weight is 1790 g/mol. The quantitative estimate of drug-likeness (QED) is 0.0200. The van der Waals surface area contributed by atoms with Crippen LogP contribution in [0.4, 0.5) is 0 Å². The first-order chi connectivity index (χ1) is 58.8. The zero-order chi connectivity index (χ0) is 99.6. The summed E-state index contributed by atoms with van der Waals surface area (Å²) in [5.74, 6) is -17.6. The van der Waals surface area contributed by atoms with Gasteiger partial charge in [0.2, 0.25) is 0 Å². The Hall–Kier alpha value is -8.75. The molecule has 0 aromatic heterocycles. The summed E-state index contributed by atoms with van der Waals surface area (Å²) >= 11 is 0. The molecule has 0 fully saturated rings. The smallest absolute Gasteiger partial charge is 0.191 e. The normalized spacial score (nSPS) is 23.5. The highest BCUT2D eigenvalue weighted by Crippen LogP contribution is 2.48. The molecule has 0 aromatic carbocycles. The highest BCUT2D eigenvalue weighted by Gasteiger charge is 2.64. The van der Waals surface area contributed by atoms with Gasteiger partial charge in [-0.05, 0) is 156 Å². The molecule has 0 radical (unpaired) electrons. The molecule has 6 unspecified atom stereocenters. The first kappa shape index (κ1) is 117. The Kier molecular flexibility index (Phi) is 46.9. The van der Waals surface area contributed by atoms with E-state index in [4.69, 9.17) is 0 Å². The second-order valence-electron chi connectivity index (χ2n) is 39.8. The summed E-state index contributed by atoms with van der Waals surface area (Å²) in [7, 11) is 0. The van der Waals surface area contributed by atoms with Gasteiger partial charge in [0, 0.05) is 63.2 Å². The first-order valence-corrected chi connectivity index (χ1v) is 45.9. The Morgan fingerprint density at radius 3 is 0.688 bits per heavy atom. The third-order valence-corrected chi connectivity index (χ3v) is 23.9. The Bertz CT molecular complexity index is 4420. The Balaban J connectivity index is 0.000000800. The molecule has 5 aliphatic carbocycles. The number of carbonyl (C=O) groups excluding carboxylic acids is 15. The molecule has 0 heterocycles. The van der Waals surface area contributed by atoms with E-state index in [1.54, 1.807) is 58.1 Å². The monoisotopic (exact) mass is 1790 g/mol. The van der Waals surface area contributed by atoms with Gasteiger partial charge in [0.25, 0.3) is 0 Å². The van der Waals surface area contributed by atoms with Crippen LogP contribution in [0.25, 0.3) is 0 Å². The molecule has 0 bridgehead atoms. The van der Waals surface area contributed by atoms with E-state index in [2.05, 4.69) is 0 Å². The summed E-state index contributed by atoms with van der Waals surface area (Å²) in [5.41, 5.74) is -9.02. The van der Waals surface area contributed by atoms with E-state index in [0.29, 0.717) is 44.9 Å². The summed E-state index contributed by atoms with van der Waals surface area (Å²) in [6, 6.07) is 0. The predicted octanol–water partition coefficient (Wildman–Crippen LogP) is 17.9. The molecule has 718 valence electrons. The number of Topliss-reactive ketones (excluding diaryl/α,β-unsaturated/α-hetero) is 15. The van der Waals surface area contributed by atoms with E-state index in [0.717, 1.165) is 27.9 Å². The first-order valence-electron chi connectivity index (χ1n) is 45.9. The van der Waals surface area contributed by atoms with Crippen molar-refractivity contribution in [1.29, 1.82) is 0 Å². The van der Waals surface area contributed by atoms with Gasteiger partial charge in [-0.1, -0.05) is 222 Å². The van der Waals surface area contributed by atoms with E-state index in [1.807, 2.05) is 173 Å². The fourth-order valence-electron chi connectivity index (χ4n) is 15.5. The number of aliphatic hydroxyl groups is 10. The third kappa shape index (κ3) is 29.4. The Labute approximate surface area is 760 Å². The van der Waals surface area contributed by atoms with Gasteiger partial charge in [0.1, 0.15) is 56.7 Å². The lowest BCUT2D eigenvalue weighted by atomic mass is 9.79. The van der Waals surface area contributed by atoms with E-state index in [1.165, 1.54) is 0 Å². The molecule has 0 saturated heterocycles. The molecule has 25 heteroatoms. The van der Waals surface area contributed by atoms with Crippen LogP contribution in [0.1, 0.15) is 329 Å². The van der Waals surface area contributed by atoms with Crippen molar-refractivity contribution < 1.29 is 123 Å². The summed E-state index contributed by atoms with van der Waals surface area (Å²) < 4.78 is 0. The Morgan fingerprint density at radius 2 is 0.492 bits per heavy atom. The molecule has 10 N–H and O–H groups in total. The molecular weight excluding hydrogens is 1640 g/mol. The number of allylic oxidation sites excluding steroid dienone is 15.